The summed E-state index contributed by atoms with van der Waals surface area (Å²) in [5.74, 6) is 4.25. The van der Waals surface area contributed by atoms with Crippen molar-refractivity contribution >= 4 is 6.09 Å². The van der Waals surface area contributed by atoms with Crippen molar-refractivity contribution in [2.24, 2.45) is 35.3 Å². The van der Waals surface area contributed by atoms with E-state index in [2.05, 4.69) is 0 Å². The normalized spacial score (nSPS) is 47.8. The molecule has 0 radical (unpaired) electrons. The third-order valence-electron chi connectivity index (χ3n) is 6.04. The van der Waals surface area contributed by atoms with Gasteiger partial charge in [-0.25, -0.2) is 4.79 Å². The predicted molar refractivity (Wildman–Crippen MR) is 71.4 cm³/mol. The number of hydrogen-bond acceptors (Lipinski definition) is 3. The second kappa shape index (κ2) is 4.37. The van der Waals surface area contributed by atoms with E-state index in [4.69, 9.17) is 10.5 Å². The van der Waals surface area contributed by atoms with Crippen molar-refractivity contribution in [1.82, 2.24) is 4.90 Å². The highest BCUT2D eigenvalue weighted by Crippen LogP contribution is 2.58. The molecule has 1 aliphatic heterocycles. The Hall–Kier alpha value is -0.770. The fraction of sp³-hybridized carbons (Fsp3) is 0.933. The summed E-state index contributed by atoms with van der Waals surface area (Å²) in [4.78, 5) is 13.7. The average molecular weight is 264 g/mol. The molecule has 19 heavy (non-hydrogen) atoms. The van der Waals surface area contributed by atoms with Gasteiger partial charge in [0.25, 0.3) is 0 Å². The maximum atomic E-state index is 11.9. The van der Waals surface area contributed by atoms with Crippen molar-refractivity contribution < 1.29 is 9.53 Å². The van der Waals surface area contributed by atoms with E-state index in [1.165, 1.54) is 32.1 Å². The first-order valence-corrected chi connectivity index (χ1v) is 7.90. The molecule has 5 fully saturated rings. The van der Waals surface area contributed by atoms with Crippen molar-refractivity contribution in [2.75, 3.05) is 19.6 Å². The molecule has 2 N–H and O–H groups in total. The molecular formula is C15H24N2O2. The fourth-order valence-corrected chi connectivity index (χ4v) is 5.65. The smallest absolute Gasteiger partial charge is 0.410 e. The number of nitrogens with two attached hydrogens (primary N) is 1. The number of rotatable bonds is 3. The SMILES string of the molecule is NCCN1CC(C2C3CC4CC(C3)CC2C4)OC1=O. The topological polar surface area (TPSA) is 55.6 Å². The summed E-state index contributed by atoms with van der Waals surface area (Å²) in [5, 5.41) is 0. The number of ether oxygens (including phenoxy) is 1. The summed E-state index contributed by atoms with van der Waals surface area (Å²) in [7, 11) is 0. The number of amides is 1. The van der Waals surface area contributed by atoms with Crippen LogP contribution in [0.3, 0.4) is 0 Å². The van der Waals surface area contributed by atoms with Gasteiger partial charge in [0.15, 0.2) is 0 Å². The molecule has 0 aromatic rings. The Morgan fingerprint density at radius 2 is 1.74 bits per heavy atom. The van der Waals surface area contributed by atoms with Gasteiger partial charge in [-0.15, -0.1) is 0 Å². The van der Waals surface area contributed by atoms with Gasteiger partial charge < -0.3 is 15.4 Å². The average Bonchev–Trinajstić information content (AvgIpc) is 2.70. The van der Waals surface area contributed by atoms with Gasteiger partial charge in [-0.2, -0.15) is 0 Å². The highest BCUT2D eigenvalue weighted by atomic mass is 16.6. The van der Waals surface area contributed by atoms with E-state index in [9.17, 15) is 4.79 Å². The summed E-state index contributed by atoms with van der Waals surface area (Å²) < 4.78 is 5.68. The molecule has 4 heteroatoms. The highest BCUT2D eigenvalue weighted by molar-refractivity contribution is 5.70. The van der Waals surface area contributed by atoms with E-state index < -0.39 is 0 Å². The molecule has 1 saturated heterocycles. The number of nitrogens with zero attached hydrogens (tertiary/aromatic N) is 1. The van der Waals surface area contributed by atoms with Crippen LogP contribution in [0.5, 0.6) is 0 Å². The number of carbonyl (C=O) groups is 1. The van der Waals surface area contributed by atoms with Crippen LogP contribution in [0, 0.1) is 29.6 Å². The minimum atomic E-state index is -0.135. The predicted octanol–water partition coefficient (Wildman–Crippen LogP) is 1.84. The van der Waals surface area contributed by atoms with Gasteiger partial charge >= 0.3 is 6.09 Å². The Morgan fingerprint density at radius 3 is 2.32 bits per heavy atom. The molecule has 0 spiro atoms. The first-order chi connectivity index (χ1) is 9.24. The molecule has 0 aromatic carbocycles. The van der Waals surface area contributed by atoms with E-state index in [-0.39, 0.29) is 12.2 Å². The van der Waals surface area contributed by atoms with Gasteiger partial charge in [0.05, 0.1) is 6.54 Å². The van der Waals surface area contributed by atoms with Crippen molar-refractivity contribution in [3.8, 4) is 0 Å². The second-order valence-electron chi connectivity index (χ2n) is 7.16. The number of cyclic esters (lactones) is 1. The van der Waals surface area contributed by atoms with Crippen LogP contribution in [0.25, 0.3) is 0 Å². The fourth-order valence-electron chi connectivity index (χ4n) is 5.65. The van der Waals surface area contributed by atoms with Crippen molar-refractivity contribution in [1.29, 1.82) is 0 Å². The second-order valence-corrected chi connectivity index (χ2v) is 7.16. The van der Waals surface area contributed by atoms with Gasteiger partial charge in [-0.3, -0.25) is 0 Å². The van der Waals surface area contributed by atoms with Gasteiger partial charge in [-0.05, 0) is 55.8 Å². The van der Waals surface area contributed by atoms with Gasteiger partial charge in [0.1, 0.15) is 6.10 Å². The molecule has 106 valence electrons. The summed E-state index contributed by atoms with van der Waals surface area (Å²) >= 11 is 0. The minimum Gasteiger partial charge on any atom is -0.444 e. The maximum absolute atomic E-state index is 11.9. The van der Waals surface area contributed by atoms with Crippen LogP contribution in [0.2, 0.25) is 0 Å². The first-order valence-electron chi connectivity index (χ1n) is 7.90. The van der Waals surface area contributed by atoms with Crippen molar-refractivity contribution in [3.63, 3.8) is 0 Å². The van der Waals surface area contributed by atoms with Gasteiger partial charge in [0.2, 0.25) is 0 Å². The molecule has 4 bridgehead atoms. The maximum Gasteiger partial charge on any atom is 0.410 e. The van der Waals surface area contributed by atoms with Gasteiger partial charge in [-0.1, -0.05) is 0 Å². The zero-order chi connectivity index (χ0) is 13.0. The molecule has 5 rings (SSSR count). The zero-order valence-corrected chi connectivity index (χ0v) is 11.5. The minimum absolute atomic E-state index is 0.135. The quantitative estimate of drug-likeness (QED) is 0.846. The Kier molecular flexibility index (Phi) is 2.76. The molecule has 1 unspecified atom stereocenters. The van der Waals surface area contributed by atoms with Crippen LogP contribution in [0.1, 0.15) is 32.1 Å². The standard InChI is InChI=1S/C15H24N2O2/c16-1-2-17-8-13(19-15(17)18)14-11-4-9-3-10(6-11)7-12(14)5-9/h9-14H,1-8,16H2. The molecule has 4 nitrogen and oxygen atoms in total. The molecule has 0 aromatic heterocycles. The Labute approximate surface area is 114 Å². The summed E-state index contributed by atoms with van der Waals surface area (Å²) in [6, 6.07) is 0. The van der Waals surface area contributed by atoms with E-state index in [1.807, 2.05) is 0 Å². The highest BCUT2D eigenvalue weighted by Gasteiger charge is 2.53. The molecule has 1 heterocycles. The van der Waals surface area contributed by atoms with Gasteiger partial charge in [0, 0.05) is 19.0 Å². The van der Waals surface area contributed by atoms with Crippen molar-refractivity contribution in [3.05, 3.63) is 0 Å². The van der Waals surface area contributed by atoms with Crippen LogP contribution in [0.15, 0.2) is 0 Å². The third kappa shape index (κ3) is 1.87. The lowest BCUT2D eigenvalue weighted by atomic mass is 9.51. The molecule has 4 aliphatic carbocycles. The Balaban J connectivity index is 1.49. The first kappa shape index (κ1) is 12.0. The largest absolute Gasteiger partial charge is 0.444 e. The third-order valence-corrected chi connectivity index (χ3v) is 6.04. The Morgan fingerprint density at radius 1 is 1.11 bits per heavy atom. The number of hydrogen-bond donors (Lipinski definition) is 1. The van der Waals surface area contributed by atoms with E-state index in [0.29, 0.717) is 19.0 Å². The molecule has 1 amide bonds. The number of carbonyl (C=O) groups excluding carboxylic acids is 1. The molecule has 5 aliphatic rings. The lowest BCUT2D eigenvalue weighted by Crippen LogP contribution is -2.50. The van der Waals surface area contributed by atoms with E-state index >= 15 is 0 Å². The van der Waals surface area contributed by atoms with Crippen LogP contribution < -0.4 is 5.73 Å². The lowest BCUT2D eigenvalue weighted by Gasteiger charge is -2.55. The lowest BCUT2D eigenvalue weighted by molar-refractivity contribution is -0.0803. The monoisotopic (exact) mass is 264 g/mol. The Bertz CT molecular complexity index is 356. The van der Waals surface area contributed by atoms with E-state index in [1.54, 1.807) is 4.90 Å². The van der Waals surface area contributed by atoms with Crippen LogP contribution in [-0.2, 0) is 4.74 Å². The zero-order valence-electron chi connectivity index (χ0n) is 11.5. The van der Waals surface area contributed by atoms with E-state index in [0.717, 1.165) is 30.2 Å². The van der Waals surface area contributed by atoms with Crippen molar-refractivity contribution in [2.45, 2.75) is 38.2 Å². The summed E-state index contributed by atoms with van der Waals surface area (Å²) in [6.07, 6.45) is 7.05. The van der Waals surface area contributed by atoms with Crippen LogP contribution in [0.4, 0.5) is 4.79 Å². The van der Waals surface area contributed by atoms with Crippen LogP contribution >= 0.6 is 0 Å². The summed E-state index contributed by atoms with van der Waals surface area (Å²) in [5.41, 5.74) is 5.56. The molecular weight excluding hydrogens is 240 g/mol. The molecule has 4 saturated carbocycles. The van der Waals surface area contributed by atoms with Crippen LogP contribution in [-0.4, -0.2) is 36.7 Å². The summed E-state index contributed by atoms with van der Waals surface area (Å²) in [6.45, 7) is 1.95. The molecule has 1 atom stereocenters.